The van der Waals surface area contributed by atoms with E-state index in [1.165, 1.54) is 6.07 Å². The number of hydrogen-bond acceptors (Lipinski definition) is 3. The van der Waals surface area contributed by atoms with Gasteiger partial charge in [-0.3, -0.25) is 0 Å². The van der Waals surface area contributed by atoms with Gasteiger partial charge in [-0.2, -0.15) is 0 Å². The van der Waals surface area contributed by atoms with Gasteiger partial charge in [-0.25, -0.2) is 13.2 Å². The van der Waals surface area contributed by atoms with Crippen LogP contribution < -0.4 is 0 Å². The predicted molar refractivity (Wildman–Crippen MR) is 68.4 cm³/mol. The Kier molecular flexibility index (Phi) is 3.13. The third-order valence-electron chi connectivity index (χ3n) is 2.85. The molecule has 0 atom stereocenters. The van der Waals surface area contributed by atoms with Crippen LogP contribution in [-0.4, -0.2) is 30.2 Å². The zero-order chi connectivity index (χ0) is 13.3. The molecule has 2 rings (SSSR count). The molecule has 5 nitrogen and oxygen atoms in total. The van der Waals surface area contributed by atoms with E-state index in [9.17, 15) is 13.2 Å². The number of para-hydroxylation sites is 1. The van der Waals surface area contributed by atoms with Gasteiger partial charge in [0.2, 0.25) is 0 Å². The molecule has 1 heterocycles. The second-order valence-electron chi connectivity index (χ2n) is 4.02. The first-order valence-electron chi connectivity index (χ1n) is 5.47. The van der Waals surface area contributed by atoms with Crippen molar-refractivity contribution in [2.24, 2.45) is 0 Å². The van der Waals surface area contributed by atoms with Crippen LogP contribution >= 0.6 is 0 Å². The van der Waals surface area contributed by atoms with Gasteiger partial charge in [-0.15, -0.1) is 0 Å². The number of hydrogen-bond donors (Lipinski definition) is 2. The van der Waals surface area contributed by atoms with Crippen molar-refractivity contribution in [3.8, 4) is 0 Å². The van der Waals surface area contributed by atoms with Gasteiger partial charge in [0.1, 0.15) is 0 Å². The molecule has 2 aromatic rings. The van der Waals surface area contributed by atoms with Gasteiger partial charge < -0.3 is 10.1 Å². The molecular weight excluding hydrogens is 254 g/mol. The minimum Gasteiger partial charge on any atom is -0.478 e. The van der Waals surface area contributed by atoms with E-state index >= 15 is 0 Å². The van der Waals surface area contributed by atoms with E-state index in [4.69, 9.17) is 5.11 Å². The van der Waals surface area contributed by atoms with Crippen LogP contribution in [0.15, 0.2) is 24.4 Å². The van der Waals surface area contributed by atoms with Gasteiger partial charge in [-0.1, -0.05) is 19.1 Å². The molecule has 0 aliphatic carbocycles. The zero-order valence-corrected chi connectivity index (χ0v) is 10.6. The van der Waals surface area contributed by atoms with Crippen LogP contribution in [0.1, 0.15) is 22.8 Å². The Balaban J connectivity index is 2.56. The summed E-state index contributed by atoms with van der Waals surface area (Å²) in [6.45, 7) is 1.59. The molecule has 0 bridgehead atoms. The van der Waals surface area contributed by atoms with E-state index in [0.717, 1.165) is 0 Å². The SMILES string of the molecule is CCS(=O)(=O)Cc1c[nH]c2c(C(=O)O)cccc12. The zero-order valence-electron chi connectivity index (χ0n) is 9.80. The predicted octanol–water partition coefficient (Wildman–Crippen LogP) is 1.80. The van der Waals surface area contributed by atoms with E-state index < -0.39 is 15.8 Å². The van der Waals surface area contributed by atoms with Crippen LogP contribution in [0.4, 0.5) is 0 Å². The maximum Gasteiger partial charge on any atom is 0.337 e. The lowest BCUT2D eigenvalue weighted by atomic mass is 10.1. The van der Waals surface area contributed by atoms with Gasteiger partial charge >= 0.3 is 5.97 Å². The smallest absolute Gasteiger partial charge is 0.337 e. The molecule has 0 fully saturated rings. The summed E-state index contributed by atoms with van der Waals surface area (Å²) in [5.74, 6) is -1.04. The molecule has 96 valence electrons. The Morgan fingerprint density at radius 3 is 2.72 bits per heavy atom. The number of carboxylic acids is 1. The van der Waals surface area contributed by atoms with E-state index in [-0.39, 0.29) is 17.1 Å². The van der Waals surface area contributed by atoms with Crippen molar-refractivity contribution in [2.45, 2.75) is 12.7 Å². The monoisotopic (exact) mass is 267 g/mol. The fourth-order valence-corrected chi connectivity index (χ4v) is 2.77. The van der Waals surface area contributed by atoms with Crippen LogP contribution in [0.25, 0.3) is 10.9 Å². The molecule has 6 heteroatoms. The number of sulfone groups is 1. The molecule has 0 amide bonds. The summed E-state index contributed by atoms with van der Waals surface area (Å²) in [4.78, 5) is 13.9. The number of fused-ring (bicyclic) bond motifs is 1. The second kappa shape index (κ2) is 4.45. The number of benzene rings is 1. The van der Waals surface area contributed by atoms with Gasteiger partial charge in [0, 0.05) is 17.3 Å². The molecule has 0 aliphatic heterocycles. The molecule has 0 unspecified atom stereocenters. The highest BCUT2D eigenvalue weighted by molar-refractivity contribution is 7.90. The van der Waals surface area contributed by atoms with Crippen molar-refractivity contribution in [1.29, 1.82) is 0 Å². The third kappa shape index (κ3) is 2.24. The summed E-state index contributed by atoms with van der Waals surface area (Å²) in [7, 11) is -3.13. The van der Waals surface area contributed by atoms with Crippen LogP contribution in [0, 0.1) is 0 Å². The van der Waals surface area contributed by atoms with E-state index in [0.29, 0.717) is 16.5 Å². The Morgan fingerprint density at radius 2 is 2.11 bits per heavy atom. The summed E-state index contributed by atoms with van der Waals surface area (Å²) in [6, 6.07) is 4.82. The summed E-state index contributed by atoms with van der Waals surface area (Å²) < 4.78 is 23.2. The average molecular weight is 267 g/mol. The van der Waals surface area contributed by atoms with Gasteiger partial charge in [0.25, 0.3) is 0 Å². The molecule has 0 saturated carbocycles. The normalized spacial score (nSPS) is 11.8. The Bertz CT molecular complexity index is 700. The standard InChI is InChI=1S/C12H13NO4S/c1-2-18(16,17)7-8-6-13-11-9(8)4-3-5-10(11)12(14)15/h3-6,13H,2,7H2,1H3,(H,14,15). The number of aromatic amines is 1. The molecule has 0 aliphatic rings. The lowest BCUT2D eigenvalue weighted by Crippen LogP contribution is -2.06. The van der Waals surface area contributed by atoms with Crippen molar-refractivity contribution < 1.29 is 18.3 Å². The van der Waals surface area contributed by atoms with Crippen LogP contribution in [0.3, 0.4) is 0 Å². The van der Waals surface area contributed by atoms with Gasteiger partial charge in [0.05, 0.1) is 16.8 Å². The first-order chi connectivity index (χ1) is 8.44. The highest BCUT2D eigenvalue weighted by atomic mass is 32.2. The molecule has 18 heavy (non-hydrogen) atoms. The summed E-state index contributed by atoms with van der Waals surface area (Å²) >= 11 is 0. The number of carboxylic acid groups (broad SMARTS) is 1. The third-order valence-corrected chi connectivity index (χ3v) is 4.48. The number of H-pyrrole nitrogens is 1. The van der Waals surface area contributed by atoms with Crippen molar-refractivity contribution in [2.75, 3.05) is 5.75 Å². The second-order valence-corrected chi connectivity index (χ2v) is 6.38. The Labute approximate surface area is 104 Å². The first-order valence-corrected chi connectivity index (χ1v) is 7.29. The Hall–Kier alpha value is -1.82. The van der Waals surface area contributed by atoms with Crippen molar-refractivity contribution in [3.63, 3.8) is 0 Å². The first kappa shape index (κ1) is 12.6. The van der Waals surface area contributed by atoms with E-state index in [2.05, 4.69) is 4.98 Å². The van der Waals surface area contributed by atoms with Crippen LogP contribution in [0.5, 0.6) is 0 Å². The van der Waals surface area contributed by atoms with Crippen LogP contribution in [-0.2, 0) is 15.6 Å². The van der Waals surface area contributed by atoms with E-state index in [1.807, 2.05) is 0 Å². The van der Waals surface area contributed by atoms with Gasteiger partial charge in [-0.05, 0) is 11.6 Å². The van der Waals surface area contributed by atoms with E-state index in [1.54, 1.807) is 25.3 Å². The molecule has 0 radical (unpaired) electrons. The highest BCUT2D eigenvalue weighted by Crippen LogP contribution is 2.23. The minimum atomic E-state index is -3.13. The molecule has 1 aromatic heterocycles. The van der Waals surface area contributed by atoms with Crippen molar-refractivity contribution in [1.82, 2.24) is 4.98 Å². The van der Waals surface area contributed by atoms with Crippen LogP contribution in [0.2, 0.25) is 0 Å². The topological polar surface area (TPSA) is 87.2 Å². The number of nitrogens with one attached hydrogen (secondary N) is 1. The fraction of sp³-hybridized carbons (Fsp3) is 0.250. The van der Waals surface area contributed by atoms with Crippen molar-refractivity contribution >= 4 is 26.7 Å². The molecule has 0 spiro atoms. The molecule has 0 saturated heterocycles. The lowest BCUT2D eigenvalue weighted by molar-refractivity contribution is 0.0699. The number of aromatic carboxylic acids is 1. The molecular formula is C12H13NO4S. The minimum absolute atomic E-state index is 0.0678. The average Bonchev–Trinajstić information content (AvgIpc) is 2.72. The quantitative estimate of drug-likeness (QED) is 0.884. The fourth-order valence-electron chi connectivity index (χ4n) is 1.85. The number of rotatable bonds is 4. The summed E-state index contributed by atoms with van der Waals surface area (Å²) in [5, 5.41) is 9.68. The molecule has 1 aromatic carbocycles. The molecule has 2 N–H and O–H groups in total. The number of aromatic nitrogens is 1. The van der Waals surface area contributed by atoms with Crippen molar-refractivity contribution in [3.05, 3.63) is 35.5 Å². The maximum absolute atomic E-state index is 11.6. The van der Waals surface area contributed by atoms with Gasteiger partial charge in [0.15, 0.2) is 9.84 Å². The summed E-state index contributed by atoms with van der Waals surface area (Å²) in [6.07, 6.45) is 1.56. The highest BCUT2D eigenvalue weighted by Gasteiger charge is 2.16. The Morgan fingerprint density at radius 1 is 1.39 bits per heavy atom. The number of carbonyl (C=O) groups is 1. The lowest BCUT2D eigenvalue weighted by Gasteiger charge is -2.01. The largest absolute Gasteiger partial charge is 0.478 e. The summed E-state index contributed by atoms with van der Waals surface area (Å²) in [5.41, 5.74) is 1.22. The maximum atomic E-state index is 11.6.